The monoisotopic (exact) mass is 257 g/mol. The van der Waals surface area contributed by atoms with Gasteiger partial charge < -0.3 is 10.7 Å². The summed E-state index contributed by atoms with van der Waals surface area (Å²) in [6, 6.07) is 0. The van der Waals surface area contributed by atoms with Crippen molar-refractivity contribution in [2.75, 3.05) is 6.54 Å². The predicted octanol–water partition coefficient (Wildman–Crippen LogP) is 1.06. The van der Waals surface area contributed by atoms with Crippen LogP contribution >= 0.6 is 31.9 Å². The van der Waals surface area contributed by atoms with E-state index in [1.165, 1.54) is 5.01 Å². The Hall–Kier alpha value is 0.260. The van der Waals surface area contributed by atoms with Gasteiger partial charge in [-0.2, -0.15) is 0 Å². The molecule has 0 aliphatic rings. The zero-order valence-corrected chi connectivity index (χ0v) is 8.24. The predicted molar refractivity (Wildman–Crippen MR) is 45.6 cm³/mol. The summed E-state index contributed by atoms with van der Waals surface area (Å²) in [5.41, 5.74) is 5.34. The standard InChI is InChI=1S/C4H9Br2N3/c1-2-9(8)4(6)3(5)7/h2,7-8H2,1H3/b4-3-. The lowest BCUT2D eigenvalue weighted by Gasteiger charge is -2.14. The van der Waals surface area contributed by atoms with Crippen LogP contribution in [0, 0.1) is 0 Å². The van der Waals surface area contributed by atoms with Crippen molar-refractivity contribution in [1.82, 2.24) is 5.01 Å². The topological polar surface area (TPSA) is 55.3 Å². The third kappa shape index (κ3) is 3.07. The molecule has 0 rings (SSSR count). The van der Waals surface area contributed by atoms with Crippen molar-refractivity contribution in [2.24, 2.45) is 11.6 Å². The van der Waals surface area contributed by atoms with E-state index >= 15 is 0 Å². The Kier molecular flexibility index (Phi) is 4.26. The highest BCUT2D eigenvalue weighted by atomic mass is 79.9. The van der Waals surface area contributed by atoms with E-state index in [1.807, 2.05) is 6.92 Å². The van der Waals surface area contributed by atoms with E-state index in [2.05, 4.69) is 31.9 Å². The molecule has 0 bridgehead atoms. The minimum absolute atomic E-state index is 0.506. The molecule has 0 radical (unpaired) electrons. The van der Waals surface area contributed by atoms with Crippen molar-refractivity contribution in [3.63, 3.8) is 0 Å². The van der Waals surface area contributed by atoms with Crippen LogP contribution in [0.5, 0.6) is 0 Å². The lowest BCUT2D eigenvalue weighted by Crippen LogP contribution is -2.28. The SMILES string of the molecule is CCN(N)/C(Br)=C(\N)Br. The summed E-state index contributed by atoms with van der Waals surface area (Å²) >= 11 is 6.25. The largest absolute Gasteiger partial charge is 0.391 e. The molecule has 5 heteroatoms. The molecule has 0 heterocycles. The molecule has 0 aromatic rings. The number of hydrazine groups is 1. The second kappa shape index (κ2) is 4.14. The van der Waals surface area contributed by atoms with Gasteiger partial charge in [0.05, 0.1) is 0 Å². The lowest BCUT2D eigenvalue weighted by molar-refractivity contribution is 0.407. The molecule has 0 aromatic heterocycles. The van der Waals surface area contributed by atoms with Gasteiger partial charge in [-0.1, -0.05) is 0 Å². The Morgan fingerprint density at radius 1 is 1.56 bits per heavy atom. The molecule has 0 fully saturated rings. The van der Waals surface area contributed by atoms with E-state index in [4.69, 9.17) is 11.6 Å². The summed E-state index contributed by atoms with van der Waals surface area (Å²) in [5.74, 6) is 5.44. The molecular formula is C4H9Br2N3. The van der Waals surface area contributed by atoms with E-state index < -0.39 is 0 Å². The molecule has 3 nitrogen and oxygen atoms in total. The first-order chi connectivity index (χ1) is 4.09. The Morgan fingerprint density at radius 2 is 2.00 bits per heavy atom. The normalized spacial score (nSPS) is 12.9. The Morgan fingerprint density at radius 3 is 2.11 bits per heavy atom. The van der Waals surface area contributed by atoms with Crippen LogP contribution in [0.2, 0.25) is 0 Å². The van der Waals surface area contributed by atoms with Crippen molar-refractivity contribution in [1.29, 1.82) is 0 Å². The van der Waals surface area contributed by atoms with E-state index in [1.54, 1.807) is 0 Å². The zero-order valence-electron chi connectivity index (χ0n) is 5.06. The molecule has 0 aliphatic carbocycles. The first-order valence-electron chi connectivity index (χ1n) is 2.42. The number of halogens is 2. The zero-order chi connectivity index (χ0) is 7.44. The third-order valence-corrected chi connectivity index (χ3v) is 2.58. The first-order valence-corrected chi connectivity index (χ1v) is 4.01. The van der Waals surface area contributed by atoms with E-state index in [9.17, 15) is 0 Å². The van der Waals surface area contributed by atoms with Crippen LogP contribution in [0.25, 0.3) is 0 Å². The highest BCUT2D eigenvalue weighted by Gasteiger charge is 2.00. The molecule has 0 saturated carbocycles. The fourth-order valence-corrected chi connectivity index (χ4v) is 0.755. The molecule has 0 saturated heterocycles. The number of rotatable bonds is 2. The fraction of sp³-hybridized carbons (Fsp3) is 0.500. The van der Waals surface area contributed by atoms with Gasteiger partial charge in [-0.3, -0.25) is 0 Å². The summed E-state index contributed by atoms with van der Waals surface area (Å²) in [6.45, 7) is 2.64. The van der Waals surface area contributed by atoms with Gasteiger partial charge >= 0.3 is 0 Å². The molecule has 54 valence electrons. The quantitative estimate of drug-likeness (QED) is 0.443. The fourth-order valence-electron chi connectivity index (χ4n) is 0.276. The molecule has 0 atom stereocenters. The summed E-state index contributed by atoms with van der Waals surface area (Å²) in [4.78, 5) is 0. The molecule has 0 unspecified atom stereocenters. The van der Waals surface area contributed by atoms with E-state index in [-0.39, 0.29) is 0 Å². The smallest absolute Gasteiger partial charge is 0.125 e. The second-order valence-electron chi connectivity index (χ2n) is 1.42. The molecule has 0 aliphatic heterocycles. The maximum Gasteiger partial charge on any atom is 0.125 e. The molecule has 9 heavy (non-hydrogen) atoms. The van der Waals surface area contributed by atoms with Gasteiger partial charge in [0, 0.05) is 6.54 Å². The van der Waals surface area contributed by atoms with Crippen LogP contribution in [0.3, 0.4) is 0 Å². The van der Waals surface area contributed by atoms with Gasteiger partial charge in [-0.05, 0) is 38.8 Å². The van der Waals surface area contributed by atoms with Gasteiger partial charge in [0.25, 0.3) is 0 Å². The van der Waals surface area contributed by atoms with Crippen LogP contribution in [0.15, 0.2) is 9.21 Å². The average molecular weight is 259 g/mol. The molecular weight excluding hydrogens is 250 g/mol. The highest BCUT2D eigenvalue weighted by molar-refractivity contribution is 9.14. The molecule has 0 amide bonds. The Bertz CT molecular complexity index is 119. The van der Waals surface area contributed by atoms with Crippen molar-refractivity contribution in [3.8, 4) is 0 Å². The number of hydrogen-bond acceptors (Lipinski definition) is 3. The molecule has 0 spiro atoms. The minimum Gasteiger partial charge on any atom is -0.391 e. The number of nitrogens with two attached hydrogens (primary N) is 2. The molecule has 4 N–H and O–H groups in total. The van der Waals surface area contributed by atoms with Crippen molar-refractivity contribution in [3.05, 3.63) is 9.21 Å². The lowest BCUT2D eigenvalue weighted by atomic mass is 10.7. The van der Waals surface area contributed by atoms with Crippen LogP contribution in [0.4, 0.5) is 0 Å². The maximum absolute atomic E-state index is 5.44. The van der Waals surface area contributed by atoms with Crippen molar-refractivity contribution >= 4 is 31.9 Å². The third-order valence-electron chi connectivity index (χ3n) is 0.790. The summed E-state index contributed by atoms with van der Waals surface area (Å²) in [6.07, 6.45) is 0. The van der Waals surface area contributed by atoms with E-state index in [0.717, 1.165) is 0 Å². The second-order valence-corrected chi connectivity index (χ2v) is 3.03. The summed E-state index contributed by atoms with van der Waals surface area (Å²) < 4.78 is 1.18. The highest BCUT2D eigenvalue weighted by Crippen LogP contribution is 2.14. The summed E-state index contributed by atoms with van der Waals surface area (Å²) in [5, 5.41) is 1.49. The Balaban J connectivity index is 4.02. The van der Waals surface area contributed by atoms with E-state index in [0.29, 0.717) is 15.8 Å². The maximum atomic E-state index is 5.44. The van der Waals surface area contributed by atoms with Gasteiger partial charge in [0.15, 0.2) is 0 Å². The van der Waals surface area contributed by atoms with Gasteiger partial charge in [0.2, 0.25) is 0 Å². The van der Waals surface area contributed by atoms with Crippen molar-refractivity contribution in [2.45, 2.75) is 6.92 Å². The summed E-state index contributed by atoms with van der Waals surface area (Å²) in [7, 11) is 0. The van der Waals surface area contributed by atoms with Crippen LogP contribution in [0.1, 0.15) is 6.92 Å². The number of nitrogens with zero attached hydrogens (tertiary/aromatic N) is 1. The van der Waals surface area contributed by atoms with Gasteiger partial charge in [0.1, 0.15) is 9.21 Å². The minimum atomic E-state index is 0.506. The van der Waals surface area contributed by atoms with Crippen LogP contribution in [-0.2, 0) is 0 Å². The van der Waals surface area contributed by atoms with Crippen molar-refractivity contribution < 1.29 is 0 Å². The van der Waals surface area contributed by atoms with Gasteiger partial charge in [-0.15, -0.1) is 0 Å². The average Bonchev–Trinajstić information content (AvgIpc) is 1.84. The Labute approximate surface area is 71.3 Å². The van der Waals surface area contributed by atoms with Gasteiger partial charge in [-0.25, -0.2) is 5.84 Å². The van der Waals surface area contributed by atoms with Crippen LogP contribution in [-0.4, -0.2) is 11.6 Å². The first kappa shape index (κ1) is 9.26. The molecule has 0 aromatic carbocycles. The number of hydrogen-bond donors (Lipinski definition) is 2. The van der Waals surface area contributed by atoms with Crippen LogP contribution < -0.4 is 11.6 Å².